The van der Waals surface area contributed by atoms with Gasteiger partial charge in [0.05, 0.1) is 11.3 Å². The quantitative estimate of drug-likeness (QED) is 0.690. The fraction of sp³-hybridized carbons (Fsp3) is 0.111. The van der Waals surface area contributed by atoms with Crippen LogP contribution in [0.25, 0.3) is 11.0 Å². The maximum atomic E-state index is 12.5. The first-order valence-corrected chi connectivity index (χ1v) is 7.62. The Bertz CT molecular complexity index is 993. The minimum Gasteiger partial charge on any atom is -0.422 e. The second kappa shape index (κ2) is 5.25. The SMILES string of the molecule is O=C1CC(c2cccc(Cl)c2)c2c(c3ccccc3oc2=O)N1. The fourth-order valence-corrected chi connectivity index (χ4v) is 3.30. The molecule has 0 aliphatic carbocycles. The van der Waals surface area contributed by atoms with Gasteiger partial charge < -0.3 is 9.73 Å². The average molecular weight is 326 g/mol. The lowest BCUT2D eigenvalue weighted by Gasteiger charge is -2.25. The van der Waals surface area contributed by atoms with Gasteiger partial charge in [0.1, 0.15) is 5.58 Å². The van der Waals surface area contributed by atoms with Gasteiger partial charge in [0.15, 0.2) is 0 Å². The summed E-state index contributed by atoms with van der Waals surface area (Å²) in [6, 6.07) is 14.4. The number of para-hydroxylation sites is 1. The normalized spacial score (nSPS) is 16.9. The van der Waals surface area contributed by atoms with E-state index in [4.69, 9.17) is 16.0 Å². The molecule has 1 aliphatic heterocycles. The Hall–Kier alpha value is -2.59. The van der Waals surface area contributed by atoms with E-state index < -0.39 is 5.63 Å². The molecule has 1 amide bonds. The predicted octanol–water partition coefficient (Wildman–Crippen LogP) is 3.92. The first kappa shape index (κ1) is 14.0. The number of amides is 1. The minimum absolute atomic E-state index is 0.127. The molecule has 1 aromatic heterocycles. The zero-order valence-corrected chi connectivity index (χ0v) is 12.8. The Morgan fingerprint density at radius 3 is 2.74 bits per heavy atom. The molecule has 5 heteroatoms. The molecule has 0 bridgehead atoms. The topological polar surface area (TPSA) is 59.3 Å². The van der Waals surface area contributed by atoms with E-state index >= 15 is 0 Å². The number of carbonyl (C=O) groups excluding carboxylic acids is 1. The van der Waals surface area contributed by atoms with Crippen LogP contribution in [-0.4, -0.2) is 5.91 Å². The van der Waals surface area contributed by atoms with E-state index in [-0.39, 0.29) is 18.2 Å². The molecule has 1 N–H and O–H groups in total. The third kappa shape index (κ3) is 2.32. The van der Waals surface area contributed by atoms with Crippen LogP contribution in [0.15, 0.2) is 57.7 Å². The van der Waals surface area contributed by atoms with E-state index in [9.17, 15) is 9.59 Å². The molecule has 3 aromatic rings. The van der Waals surface area contributed by atoms with Crippen molar-refractivity contribution < 1.29 is 9.21 Å². The van der Waals surface area contributed by atoms with Gasteiger partial charge in [0, 0.05) is 22.7 Å². The molecule has 1 atom stereocenters. The second-order valence-electron chi connectivity index (χ2n) is 5.53. The first-order valence-electron chi connectivity index (χ1n) is 7.24. The first-order chi connectivity index (χ1) is 11.1. The molecule has 0 fully saturated rings. The minimum atomic E-state index is -0.427. The van der Waals surface area contributed by atoms with Crippen molar-refractivity contribution in [2.24, 2.45) is 0 Å². The van der Waals surface area contributed by atoms with Crippen LogP contribution in [0.5, 0.6) is 0 Å². The van der Waals surface area contributed by atoms with E-state index in [0.717, 1.165) is 10.9 Å². The highest BCUT2D eigenvalue weighted by Crippen LogP contribution is 2.39. The molecule has 114 valence electrons. The Kier molecular flexibility index (Phi) is 3.20. The molecule has 2 aromatic carbocycles. The van der Waals surface area contributed by atoms with Crippen LogP contribution < -0.4 is 10.9 Å². The van der Waals surface area contributed by atoms with Crippen LogP contribution in [0.2, 0.25) is 5.02 Å². The maximum absolute atomic E-state index is 12.5. The van der Waals surface area contributed by atoms with Crippen LogP contribution in [0, 0.1) is 0 Å². The molecule has 4 rings (SSSR count). The average Bonchev–Trinajstić information content (AvgIpc) is 2.54. The number of benzene rings is 2. The number of carbonyl (C=O) groups is 1. The smallest absolute Gasteiger partial charge is 0.342 e. The van der Waals surface area contributed by atoms with Crippen LogP contribution in [0.1, 0.15) is 23.5 Å². The Balaban J connectivity index is 2.02. The van der Waals surface area contributed by atoms with Crippen molar-refractivity contribution in [2.75, 3.05) is 5.32 Å². The molecule has 1 unspecified atom stereocenters. The summed E-state index contributed by atoms with van der Waals surface area (Å²) in [4.78, 5) is 24.7. The zero-order valence-electron chi connectivity index (χ0n) is 12.0. The van der Waals surface area contributed by atoms with E-state index in [1.807, 2.05) is 24.3 Å². The highest BCUT2D eigenvalue weighted by atomic mass is 35.5. The lowest BCUT2D eigenvalue weighted by atomic mass is 9.85. The van der Waals surface area contributed by atoms with E-state index in [1.165, 1.54) is 0 Å². The van der Waals surface area contributed by atoms with Crippen molar-refractivity contribution >= 4 is 34.2 Å². The van der Waals surface area contributed by atoms with Gasteiger partial charge in [-0.2, -0.15) is 0 Å². The fourth-order valence-electron chi connectivity index (χ4n) is 3.10. The second-order valence-corrected chi connectivity index (χ2v) is 5.97. The van der Waals surface area contributed by atoms with Gasteiger partial charge in [-0.15, -0.1) is 0 Å². The summed E-state index contributed by atoms with van der Waals surface area (Å²) in [7, 11) is 0. The zero-order chi connectivity index (χ0) is 16.0. The van der Waals surface area contributed by atoms with Gasteiger partial charge in [-0.25, -0.2) is 4.79 Å². The van der Waals surface area contributed by atoms with Crippen LogP contribution in [-0.2, 0) is 4.79 Å². The molecule has 1 aliphatic rings. The van der Waals surface area contributed by atoms with Crippen molar-refractivity contribution in [3.05, 3.63) is 75.1 Å². The highest BCUT2D eigenvalue weighted by Gasteiger charge is 2.31. The molecule has 2 heterocycles. The number of halogens is 1. The summed E-state index contributed by atoms with van der Waals surface area (Å²) in [5.74, 6) is -0.489. The molecular weight excluding hydrogens is 314 g/mol. The van der Waals surface area contributed by atoms with Crippen molar-refractivity contribution in [3.63, 3.8) is 0 Å². The van der Waals surface area contributed by atoms with Gasteiger partial charge in [0.2, 0.25) is 5.91 Å². The molecule has 0 spiro atoms. The van der Waals surface area contributed by atoms with Crippen molar-refractivity contribution in [3.8, 4) is 0 Å². The van der Waals surface area contributed by atoms with Crippen molar-refractivity contribution in [1.82, 2.24) is 0 Å². The number of rotatable bonds is 1. The Labute approximate surface area is 136 Å². The summed E-state index contributed by atoms with van der Waals surface area (Å²) in [5.41, 5.74) is 1.88. The number of anilines is 1. The van der Waals surface area contributed by atoms with Gasteiger partial charge in [-0.05, 0) is 29.8 Å². The molecule has 23 heavy (non-hydrogen) atoms. The summed E-state index contributed by atoms with van der Waals surface area (Å²) in [5, 5.41) is 4.12. The van der Waals surface area contributed by atoms with E-state index in [1.54, 1.807) is 24.3 Å². The number of nitrogens with one attached hydrogen (secondary N) is 1. The Morgan fingerprint density at radius 1 is 1.09 bits per heavy atom. The largest absolute Gasteiger partial charge is 0.422 e. The van der Waals surface area contributed by atoms with Crippen molar-refractivity contribution in [1.29, 1.82) is 0 Å². The predicted molar refractivity (Wildman–Crippen MR) is 89.0 cm³/mol. The Morgan fingerprint density at radius 2 is 1.91 bits per heavy atom. The lowest BCUT2D eigenvalue weighted by Crippen LogP contribution is -2.28. The van der Waals surface area contributed by atoms with Gasteiger partial charge >= 0.3 is 5.63 Å². The number of hydrogen-bond acceptors (Lipinski definition) is 3. The lowest BCUT2D eigenvalue weighted by molar-refractivity contribution is -0.116. The monoisotopic (exact) mass is 325 g/mol. The van der Waals surface area contributed by atoms with Crippen LogP contribution in [0.4, 0.5) is 5.69 Å². The summed E-state index contributed by atoms with van der Waals surface area (Å²) < 4.78 is 5.44. The summed E-state index contributed by atoms with van der Waals surface area (Å²) in [6.07, 6.45) is 0.191. The third-order valence-electron chi connectivity index (χ3n) is 4.10. The third-order valence-corrected chi connectivity index (χ3v) is 4.34. The molecule has 4 nitrogen and oxygen atoms in total. The van der Waals surface area contributed by atoms with Gasteiger partial charge in [-0.3, -0.25) is 4.79 Å². The number of hydrogen-bond donors (Lipinski definition) is 1. The molecule has 0 saturated heterocycles. The maximum Gasteiger partial charge on any atom is 0.342 e. The van der Waals surface area contributed by atoms with Crippen LogP contribution in [0.3, 0.4) is 0 Å². The molecule has 0 saturated carbocycles. The summed E-state index contributed by atoms with van der Waals surface area (Å²) >= 11 is 6.06. The van der Waals surface area contributed by atoms with Gasteiger partial charge in [-0.1, -0.05) is 35.9 Å². The van der Waals surface area contributed by atoms with Crippen LogP contribution >= 0.6 is 11.6 Å². The number of fused-ring (bicyclic) bond motifs is 3. The van der Waals surface area contributed by atoms with E-state index in [2.05, 4.69) is 5.32 Å². The standard InChI is InChI=1S/C18H12ClNO3/c19-11-5-3-4-10(8-11)13-9-15(21)20-17-12-6-1-2-7-14(12)23-18(22)16(13)17/h1-8,13H,9H2,(H,20,21). The highest BCUT2D eigenvalue weighted by molar-refractivity contribution is 6.30. The van der Waals surface area contributed by atoms with Crippen molar-refractivity contribution in [2.45, 2.75) is 12.3 Å². The molecular formula is C18H12ClNO3. The van der Waals surface area contributed by atoms with E-state index in [0.29, 0.717) is 21.9 Å². The molecule has 0 radical (unpaired) electrons. The van der Waals surface area contributed by atoms with Gasteiger partial charge in [0.25, 0.3) is 0 Å². The summed E-state index contributed by atoms with van der Waals surface area (Å²) in [6.45, 7) is 0.